The van der Waals surface area contributed by atoms with Crippen LogP contribution in [0.15, 0.2) is 42.5 Å². The van der Waals surface area contributed by atoms with Gasteiger partial charge in [-0.3, -0.25) is 9.59 Å². The fourth-order valence-electron chi connectivity index (χ4n) is 4.00. The smallest absolute Gasteiger partial charge is 0.279 e. The molecular weight excluding hydrogens is 356 g/mol. The Labute approximate surface area is 164 Å². The van der Waals surface area contributed by atoms with Crippen molar-refractivity contribution in [1.82, 2.24) is 0 Å². The third-order valence-electron chi connectivity index (χ3n) is 5.41. The van der Waals surface area contributed by atoms with Crippen molar-refractivity contribution in [1.29, 1.82) is 0 Å². The van der Waals surface area contributed by atoms with Crippen LogP contribution in [0.4, 0.5) is 5.69 Å². The first-order valence-corrected chi connectivity index (χ1v) is 9.75. The first-order chi connectivity index (χ1) is 13.6. The topological polar surface area (TPSA) is 69.1 Å². The zero-order valence-corrected chi connectivity index (χ0v) is 16.0. The van der Waals surface area contributed by atoms with Gasteiger partial charge < -0.3 is 19.7 Å². The number of likely N-dealkylation sites (tertiary alicyclic amines) is 1. The van der Waals surface area contributed by atoms with Crippen LogP contribution in [0.3, 0.4) is 0 Å². The lowest BCUT2D eigenvalue weighted by atomic mass is 10.0. The molecule has 146 valence electrons. The summed E-state index contributed by atoms with van der Waals surface area (Å²) in [6, 6.07) is 13.4. The Balaban J connectivity index is 1.41. The Bertz CT molecular complexity index is 879. The number of fused-ring (bicyclic) bond motifs is 1. The molecule has 1 amide bonds. The third kappa shape index (κ3) is 4.02. The number of hydrogen-bond acceptors (Lipinski definition) is 4. The van der Waals surface area contributed by atoms with Gasteiger partial charge in [0.1, 0.15) is 19.3 Å². The Morgan fingerprint density at radius 3 is 2.57 bits per heavy atom. The van der Waals surface area contributed by atoms with Gasteiger partial charge in [-0.25, -0.2) is 0 Å². The van der Waals surface area contributed by atoms with Crippen LogP contribution in [0.2, 0.25) is 0 Å². The van der Waals surface area contributed by atoms with E-state index in [2.05, 4.69) is 17.4 Å². The number of hydrogen-bond donors (Lipinski definition) is 2. The second-order valence-corrected chi connectivity index (χ2v) is 7.36. The number of benzene rings is 2. The lowest BCUT2D eigenvalue weighted by Crippen LogP contribution is -3.11. The number of carbonyl (C=O) groups excluding carboxylic acids is 2. The average molecular weight is 381 g/mol. The zero-order chi connectivity index (χ0) is 19.5. The molecule has 1 saturated heterocycles. The fourth-order valence-corrected chi connectivity index (χ4v) is 4.00. The molecule has 4 rings (SSSR count). The largest absolute Gasteiger partial charge is 0.486 e. The average Bonchev–Trinajstić information content (AvgIpc) is 3.16. The maximum atomic E-state index is 12.6. The molecule has 2 aliphatic heterocycles. The molecule has 0 bridgehead atoms. The summed E-state index contributed by atoms with van der Waals surface area (Å²) in [5.41, 5.74) is 2.54. The fraction of sp³-hybridized carbons (Fsp3) is 0.364. The minimum Gasteiger partial charge on any atom is -0.486 e. The maximum Gasteiger partial charge on any atom is 0.279 e. The number of amides is 1. The van der Waals surface area contributed by atoms with E-state index in [1.54, 1.807) is 24.3 Å². The van der Waals surface area contributed by atoms with E-state index in [4.69, 9.17) is 9.47 Å². The number of carbonyl (C=O) groups is 2. The van der Waals surface area contributed by atoms with Crippen LogP contribution < -0.4 is 19.7 Å². The quantitative estimate of drug-likeness (QED) is 0.778. The predicted molar refractivity (Wildman–Crippen MR) is 105 cm³/mol. The molecule has 28 heavy (non-hydrogen) atoms. The number of quaternary nitrogens is 1. The van der Waals surface area contributed by atoms with E-state index in [9.17, 15) is 9.59 Å². The second kappa shape index (κ2) is 8.02. The SMILES string of the molecule is CC(=O)c1ccc(NC(=O)C[NH+]2CCC[C@H]2c2ccc3c(c2)OCCO3)cc1. The molecular formula is C22H25N2O4+. The second-order valence-electron chi connectivity index (χ2n) is 7.36. The van der Waals surface area contributed by atoms with Crippen molar-refractivity contribution in [3.63, 3.8) is 0 Å². The van der Waals surface area contributed by atoms with Gasteiger partial charge >= 0.3 is 0 Å². The number of rotatable bonds is 5. The van der Waals surface area contributed by atoms with E-state index in [0.29, 0.717) is 31.0 Å². The molecule has 2 N–H and O–H groups in total. The van der Waals surface area contributed by atoms with Gasteiger partial charge in [0.15, 0.2) is 23.8 Å². The lowest BCUT2D eigenvalue weighted by molar-refractivity contribution is -0.910. The van der Waals surface area contributed by atoms with Crippen LogP contribution in [0.1, 0.15) is 41.7 Å². The molecule has 0 saturated carbocycles. The van der Waals surface area contributed by atoms with E-state index < -0.39 is 0 Å². The molecule has 2 aromatic carbocycles. The van der Waals surface area contributed by atoms with E-state index >= 15 is 0 Å². The molecule has 6 heteroatoms. The zero-order valence-electron chi connectivity index (χ0n) is 16.0. The molecule has 2 atom stereocenters. The number of anilines is 1. The number of Topliss-reactive ketones (excluding diaryl/α,β-unsaturated/α-hetero) is 1. The standard InChI is InChI=1S/C22H24N2O4/c1-15(25)16-4-7-18(8-5-16)23-22(26)14-24-10-2-3-19(24)17-6-9-20-21(13-17)28-12-11-27-20/h4-9,13,19H,2-3,10-12,14H2,1H3,(H,23,26)/p+1/t19-/m0/s1. The van der Waals surface area contributed by atoms with Crippen molar-refractivity contribution in [3.05, 3.63) is 53.6 Å². The molecule has 0 radical (unpaired) electrons. The molecule has 2 aromatic rings. The molecule has 2 heterocycles. The summed E-state index contributed by atoms with van der Waals surface area (Å²) in [5, 5.41) is 2.94. The predicted octanol–water partition coefficient (Wildman–Crippen LogP) is 2.02. The van der Waals surface area contributed by atoms with Crippen molar-refractivity contribution >= 4 is 17.4 Å². The van der Waals surface area contributed by atoms with Crippen LogP contribution in [-0.4, -0.2) is 38.0 Å². The van der Waals surface area contributed by atoms with Crippen LogP contribution in [-0.2, 0) is 4.79 Å². The van der Waals surface area contributed by atoms with Gasteiger partial charge in [-0.15, -0.1) is 0 Å². The summed E-state index contributed by atoms with van der Waals surface area (Å²) in [6.07, 6.45) is 2.14. The Morgan fingerprint density at radius 2 is 1.82 bits per heavy atom. The van der Waals surface area contributed by atoms with Crippen molar-refractivity contribution < 1.29 is 24.0 Å². The van der Waals surface area contributed by atoms with E-state index in [1.807, 2.05) is 6.07 Å². The Kier molecular flexibility index (Phi) is 5.30. The van der Waals surface area contributed by atoms with Crippen molar-refractivity contribution in [2.45, 2.75) is 25.8 Å². The minimum atomic E-state index is -0.0185. The van der Waals surface area contributed by atoms with Gasteiger partial charge in [0.05, 0.1) is 6.54 Å². The maximum absolute atomic E-state index is 12.6. The van der Waals surface area contributed by atoms with Gasteiger partial charge in [0.25, 0.3) is 5.91 Å². The normalized spacial score (nSPS) is 20.6. The number of ether oxygens (including phenoxy) is 2. The van der Waals surface area contributed by atoms with E-state index in [-0.39, 0.29) is 17.7 Å². The van der Waals surface area contributed by atoms with Gasteiger partial charge in [-0.1, -0.05) is 0 Å². The number of ketones is 1. The van der Waals surface area contributed by atoms with E-state index in [0.717, 1.165) is 30.9 Å². The summed E-state index contributed by atoms with van der Waals surface area (Å²) in [5.74, 6) is 1.59. The third-order valence-corrected chi connectivity index (χ3v) is 5.41. The van der Waals surface area contributed by atoms with Crippen LogP contribution >= 0.6 is 0 Å². The number of nitrogens with one attached hydrogen (secondary N) is 2. The Morgan fingerprint density at radius 1 is 1.07 bits per heavy atom. The van der Waals surface area contributed by atoms with Crippen molar-refractivity contribution in [3.8, 4) is 11.5 Å². The van der Waals surface area contributed by atoms with Crippen molar-refractivity contribution in [2.24, 2.45) is 0 Å². The Hall–Kier alpha value is -2.86. The highest BCUT2D eigenvalue weighted by Gasteiger charge is 2.32. The molecule has 1 unspecified atom stereocenters. The first-order valence-electron chi connectivity index (χ1n) is 9.75. The minimum absolute atomic E-state index is 0.0154. The van der Waals surface area contributed by atoms with Crippen LogP contribution in [0.25, 0.3) is 0 Å². The summed E-state index contributed by atoms with van der Waals surface area (Å²) < 4.78 is 11.3. The highest BCUT2D eigenvalue weighted by molar-refractivity contribution is 5.95. The summed E-state index contributed by atoms with van der Waals surface area (Å²) in [6.45, 7) is 4.06. The summed E-state index contributed by atoms with van der Waals surface area (Å²) >= 11 is 0. The van der Waals surface area contributed by atoms with Gasteiger partial charge in [-0.05, 0) is 49.4 Å². The highest BCUT2D eigenvalue weighted by Crippen LogP contribution is 2.33. The molecule has 0 aromatic heterocycles. The summed E-state index contributed by atoms with van der Waals surface area (Å²) in [7, 11) is 0. The van der Waals surface area contributed by atoms with Gasteiger partial charge in [0, 0.05) is 29.7 Å². The van der Waals surface area contributed by atoms with E-state index in [1.165, 1.54) is 17.4 Å². The molecule has 0 spiro atoms. The van der Waals surface area contributed by atoms with Crippen molar-refractivity contribution in [2.75, 3.05) is 31.6 Å². The molecule has 2 aliphatic rings. The van der Waals surface area contributed by atoms with Gasteiger partial charge in [-0.2, -0.15) is 0 Å². The molecule has 1 fully saturated rings. The first kappa shape index (κ1) is 18.5. The summed E-state index contributed by atoms with van der Waals surface area (Å²) in [4.78, 5) is 25.2. The monoisotopic (exact) mass is 381 g/mol. The molecule has 0 aliphatic carbocycles. The van der Waals surface area contributed by atoms with Crippen LogP contribution in [0, 0.1) is 0 Å². The molecule has 6 nitrogen and oxygen atoms in total. The van der Waals surface area contributed by atoms with Gasteiger partial charge in [0.2, 0.25) is 0 Å². The lowest BCUT2D eigenvalue weighted by Gasteiger charge is -2.24. The van der Waals surface area contributed by atoms with Crippen LogP contribution in [0.5, 0.6) is 11.5 Å². The highest BCUT2D eigenvalue weighted by atomic mass is 16.6.